The van der Waals surface area contributed by atoms with E-state index in [-0.39, 0.29) is 0 Å². The van der Waals surface area contributed by atoms with E-state index in [4.69, 9.17) is 0 Å². The summed E-state index contributed by atoms with van der Waals surface area (Å²) in [6, 6.07) is 0. The molecule has 0 aromatic rings. The molecule has 0 aliphatic heterocycles. The molecule has 0 aromatic heterocycles. The summed E-state index contributed by atoms with van der Waals surface area (Å²) in [4.78, 5) is 0. The van der Waals surface area contributed by atoms with Crippen LogP contribution in [0.3, 0.4) is 0 Å². The molecule has 20 heavy (non-hydrogen) atoms. The Morgan fingerprint density at radius 2 is 1.95 bits per heavy atom. The van der Waals surface area contributed by atoms with E-state index in [9.17, 15) is 0 Å². The Hall–Kier alpha value is -1.04. The Morgan fingerprint density at radius 1 is 1.25 bits per heavy atom. The molecule has 0 saturated heterocycles. The zero-order chi connectivity index (χ0) is 15.1. The molecular weight excluding hydrogens is 240 g/mol. The predicted octanol–water partition coefficient (Wildman–Crippen LogP) is 6.47. The van der Waals surface area contributed by atoms with Crippen molar-refractivity contribution in [1.82, 2.24) is 0 Å². The van der Waals surface area contributed by atoms with E-state index in [2.05, 4.69) is 59.1 Å². The molecule has 0 radical (unpaired) electrons. The van der Waals surface area contributed by atoms with Crippen LogP contribution in [0.2, 0.25) is 0 Å². The normalized spacial score (nSPS) is 25.9. The monoisotopic (exact) mass is 272 g/mol. The van der Waals surface area contributed by atoms with E-state index in [1.165, 1.54) is 43.3 Å². The third kappa shape index (κ3) is 5.94. The average molecular weight is 272 g/mol. The zero-order valence-corrected chi connectivity index (χ0v) is 13.9. The van der Waals surface area contributed by atoms with Crippen molar-refractivity contribution in [2.45, 2.75) is 59.8 Å². The molecular formula is C20H32. The van der Waals surface area contributed by atoms with Gasteiger partial charge in [0.15, 0.2) is 0 Å². The van der Waals surface area contributed by atoms with Gasteiger partial charge >= 0.3 is 0 Å². The highest BCUT2D eigenvalue weighted by Crippen LogP contribution is 2.27. The summed E-state index contributed by atoms with van der Waals surface area (Å²) >= 11 is 0. The second-order valence-electron chi connectivity index (χ2n) is 6.83. The molecule has 0 saturated carbocycles. The van der Waals surface area contributed by atoms with Gasteiger partial charge < -0.3 is 0 Å². The average Bonchev–Trinajstić information content (AvgIpc) is 2.40. The first-order valence-electron chi connectivity index (χ1n) is 8.07. The van der Waals surface area contributed by atoms with Gasteiger partial charge in [-0.2, -0.15) is 0 Å². The molecule has 2 aliphatic rings. The lowest BCUT2D eigenvalue weighted by Crippen LogP contribution is -2.08. The SMILES string of the molecule is C=C(C)C1CC=C(C)CC1.C=C1C=CC(C(C)C)CC1. The van der Waals surface area contributed by atoms with Crippen LogP contribution in [0.5, 0.6) is 0 Å². The van der Waals surface area contributed by atoms with Gasteiger partial charge in [0.25, 0.3) is 0 Å². The standard InChI is InChI=1S/2C10H16/c2*1-8(2)10-6-4-9(3)5-7-10/h4,6,8,10H,3,5,7H2,1-2H3;4,10H,1,5-7H2,2-3H3. The highest BCUT2D eigenvalue weighted by atomic mass is 14.2. The van der Waals surface area contributed by atoms with Crippen LogP contribution < -0.4 is 0 Å². The maximum absolute atomic E-state index is 3.97. The second-order valence-corrected chi connectivity index (χ2v) is 6.83. The van der Waals surface area contributed by atoms with Gasteiger partial charge in [-0.1, -0.05) is 62.0 Å². The molecule has 0 heterocycles. The van der Waals surface area contributed by atoms with Gasteiger partial charge in [-0.05, 0) is 63.7 Å². The van der Waals surface area contributed by atoms with Crippen LogP contribution in [0.25, 0.3) is 0 Å². The Kier molecular flexibility index (Phi) is 7.05. The van der Waals surface area contributed by atoms with Gasteiger partial charge in [0, 0.05) is 0 Å². The quantitative estimate of drug-likeness (QED) is 0.505. The van der Waals surface area contributed by atoms with Gasteiger partial charge in [-0.15, -0.1) is 0 Å². The molecule has 2 rings (SSSR count). The minimum atomic E-state index is 0.767. The molecule has 2 aliphatic carbocycles. The third-order valence-electron chi connectivity index (χ3n) is 4.57. The molecule has 2 atom stereocenters. The Bertz CT molecular complexity index is 392. The Balaban J connectivity index is 0.000000200. The largest absolute Gasteiger partial charge is 0.0998 e. The van der Waals surface area contributed by atoms with Crippen molar-refractivity contribution in [2.24, 2.45) is 17.8 Å². The van der Waals surface area contributed by atoms with Gasteiger partial charge in [0.2, 0.25) is 0 Å². The summed E-state index contributed by atoms with van der Waals surface area (Å²) < 4.78 is 0. The second kappa shape index (κ2) is 8.29. The minimum absolute atomic E-state index is 0.767. The summed E-state index contributed by atoms with van der Waals surface area (Å²) in [6.07, 6.45) is 13.1. The van der Waals surface area contributed by atoms with Crippen LogP contribution in [0.4, 0.5) is 0 Å². The third-order valence-corrected chi connectivity index (χ3v) is 4.57. The van der Waals surface area contributed by atoms with Crippen molar-refractivity contribution in [3.8, 4) is 0 Å². The number of rotatable bonds is 2. The van der Waals surface area contributed by atoms with Gasteiger partial charge in [0.1, 0.15) is 0 Å². The summed E-state index contributed by atoms with van der Waals surface area (Å²) in [7, 11) is 0. The molecule has 0 fully saturated rings. The van der Waals surface area contributed by atoms with E-state index in [0.717, 1.165) is 17.8 Å². The van der Waals surface area contributed by atoms with Crippen LogP contribution in [0, 0.1) is 17.8 Å². The van der Waals surface area contributed by atoms with Crippen LogP contribution in [-0.4, -0.2) is 0 Å². The molecule has 112 valence electrons. The lowest BCUT2D eigenvalue weighted by molar-refractivity contribution is 0.429. The maximum atomic E-state index is 3.97. The Morgan fingerprint density at radius 3 is 2.35 bits per heavy atom. The van der Waals surface area contributed by atoms with Gasteiger partial charge in [-0.25, -0.2) is 0 Å². The summed E-state index contributed by atoms with van der Waals surface area (Å²) in [5, 5.41) is 0. The molecule has 0 nitrogen and oxygen atoms in total. The van der Waals surface area contributed by atoms with E-state index in [0.29, 0.717) is 0 Å². The highest BCUT2D eigenvalue weighted by molar-refractivity contribution is 5.19. The number of allylic oxidation sites excluding steroid dienone is 6. The molecule has 2 unspecified atom stereocenters. The van der Waals surface area contributed by atoms with Crippen molar-refractivity contribution in [2.75, 3.05) is 0 Å². The zero-order valence-electron chi connectivity index (χ0n) is 13.9. The maximum Gasteiger partial charge on any atom is -0.0171 e. The van der Waals surface area contributed by atoms with Crippen molar-refractivity contribution >= 4 is 0 Å². The molecule has 0 heteroatoms. The molecule has 0 bridgehead atoms. The first-order chi connectivity index (χ1) is 9.40. The van der Waals surface area contributed by atoms with Gasteiger partial charge in [-0.3, -0.25) is 0 Å². The lowest BCUT2D eigenvalue weighted by Gasteiger charge is -2.20. The molecule has 0 amide bonds. The first-order valence-corrected chi connectivity index (χ1v) is 8.07. The fourth-order valence-corrected chi connectivity index (χ4v) is 2.76. The van der Waals surface area contributed by atoms with Crippen LogP contribution >= 0.6 is 0 Å². The van der Waals surface area contributed by atoms with Crippen molar-refractivity contribution in [3.05, 3.63) is 48.1 Å². The molecule has 0 N–H and O–H groups in total. The smallest absolute Gasteiger partial charge is 0.0171 e. The lowest BCUT2D eigenvalue weighted by atomic mass is 9.85. The Labute approximate surface area is 126 Å². The fourth-order valence-electron chi connectivity index (χ4n) is 2.76. The summed E-state index contributed by atoms with van der Waals surface area (Å²) in [5.41, 5.74) is 4.19. The molecule has 0 spiro atoms. The van der Waals surface area contributed by atoms with Crippen molar-refractivity contribution in [1.29, 1.82) is 0 Å². The van der Waals surface area contributed by atoms with E-state index >= 15 is 0 Å². The van der Waals surface area contributed by atoms with E-state index in [1.54, 1.807) is 5.57 Å². The topological polar surface area (TPSA) is 0 Å². The first kappa shape index (κ1) is 17.0. The van der Waals surface area contributed by atoms with Crippen LogP contribution in [0.1, 0.15) is 59.8 Å². The number of hydrogen-bond acceptors (Lipinski definition) is 0. The fraction of sp³-hybridized carbons (Fsp3) is 0.600. The van der Waals surface area contributed by atoms with E-state index in [1.807, 2.05) is 0 Å². The highest BCUT2D eigenvalue weighted by Gasteiger charge is 2.13. The van der Waals surface area contributed by atoms with Crippen molar-refractivity contribution < 1.29 is 0 Å². The molecule has 0 aromatic carbocycles. The summed E-state index contributed by atoms with van der Waals surface area (Å²) in [6.45, 7) is 16.8. The van der Waals surface area contributed by atoms with Crippen molar-refractivity contribution in [3.63, 3.8) is 0 Å². The summed E-state index contributed by atoms with van der Waals surface area (Å²) in [5.74, 6) is 2.36. The van der Waals surface area contributed by atoms with Crippen LogP contribution in [-0.2, 0) is 0 Å². The predicted molar refractivity (Wildman–Crippen MR) is 91.8 cm³/mol. The van der Waals surface area contributed by atoms with Gasteiger partial charge in [0.05, 0.1) is 0 Å². The van der Waals surface area contributed by atoms with Crippen LogP contribution in [0.15, 0.2) is 48.1 Å². The minimum Gasteiger partial charge on any atom is -0.0998 e. The van der Waals surface area contributed by atoms with E-state index < -0.39 is 0 Å². The number of hydrogen-bond donors (Lipinski definition) is 0.